The van der Waals surface area contributed by atoms with Gasteiger partial charge in [0.15, 0.2) is 0 Å². The highest BCUT2D eigenvalue weighted by Crippen LogP contribution is 2.19. The lowest BCUT2D eigenvalue weighted by atomic mass is 10.2. The number of rotatable bonds is 7. The molecule has 1 atom stereocenters. The average molecular weight is 270 g/mol. The number of carbonyl (C=O) groups excluding carboxylic acids is 1. The first kappa shape index (κ1) is 15.0. The Morgan fingerprint density at radius 2 is 2.28 bits per heavy atom. The Bertz CT molecular complexity index is 403. The largest absolute Gasteiger partial charge is 0.368 e. The van der Waals surface area contributed by atoms with Crippen molar-refractivity contribution in [1.82, 2.24) is 15.1 Å². The summed E-state index contributed by atoms with van der Waals surface area (Å²) in [6.07, 6.45) is 0.725. The maximum absolute atomic E-state index is 11.3. The maximum atomic E-state index is 11.3. The number of primary amides is 1. The summed E-state index contributed by atoms with van der Waals surface area (Å²) >= 11 is 1.69. The minimum Gasteiger partial charge on any atom is -0.368 e. The second-order valence-corrected chi connectivity index (χ2v) is 5.78. The van der Waals surface area contributed by atoms with Crippen molar-refractivity contribution in [2.75, 3.05) is 5.75 Å². The third-order valence-corrected chi connectivity index (χ3v) is 3.61. The Kier molecular flexibility index (Phi) is 5.68. The fourth-order valence-corrected chi connectivity index (χ4v) is 2.76. The third-order valence-electron chi connectivity index (χ3n) is 2.49. The van der Waals surface area contributed by atoms with E-state index >= 15 is 0 Å². The highest BCUT2D eigenvalue weighted by molar-refractivity contribution is 7.99. The van der Waals surface area contributed by atoms with Gasteiger partial charge in [-0.15, -0.1) is 11.8 Å². The van der Waals surface area contributed by atoms with E-state index in [0.29, 0.717) is 0 Å². The number of aromatic nitrogens is 2. The zero-order chi connectivity index (χ0) is 13.7. The number of nitrogens with two attached hydrogens (primary N) is 1. The van der Waals surface area contributed by atoms with Gasteiger partial charge in [0, 0.05) is 18.8 Å². The summed E-state index contributed by atoms with van der Waals surface area (Å²) < 4.78 is 1.86. The van der Waals surface area contributed by atoms with Gasteiger partial charge in [-0.05, 0) is 19.4 Å². The summed E-state index contributed by atoms with van der Waals surface area (Å²) in [5.74, 6) is 0.553. The molecule has 0 saturated heterocycles. The molecule has 1 aromatic rings. The molecule has 1 rings (SSSR count). The number of aryl methyl sites for hydroxylation is 2. The van der Waals surface area contributed by atoms with Crippen LogP contribution in [0, 0.1) is 6.92 Å². The van der Waals surface area contributed by atoms with Crippen LogP contribution in [0.2, 0.25) is 0 Å². The van der Waals surface area contributed by atoms with Gasteiger partial charge in [-0.2, -0.15) is 5.10 Å². The number of hydrogen-bond acceptors (Lipinski definition) is 4. The van der Waals surface area contributed by atoms with Gasteiger partial charge in [0.25, 0.3) is 0 Å². The molecule has 0 aliphatic heterocycles. The van der Waals surface area contributed by atoms with Crippen molar-refractivity contribution in [3.63, 3.8) is 0 Å². The quantitative estimate of drug-likeness (QED) is 0.727. The van der Waals surface area contributed by atoms with Gasteiger partial charge in [-0.3, -0.25) is 9.48 Å². The van der Waals surface area contributed by atoms with Crippen molar-refractivity contribution >= 4 is 17.7 Å². The zero-order valence-corrected chi connectivity index (χ0v) is 12.3. The van der Waals surface area contributed by atoms with Crippen LogP contribution in [0.5, 0.6) is 0 Å². The second kappa shape index (κ2) is 6.80. The molecule has 1 aromatic heterocycles. The fraction of sp³-hybridized carbons (Fsp3) is 0.667. The monoisotopic (exact) mass is 270 g/mol. The van der Waals surface area contributed by atoms with Gasteiger partial charge in [0.2, 0.25) is 5.91 Å². The van der Waals surface area contributed by atoms with E-state index in [4.69, 9.17) is 5.73 Å². The van der Waals surface area contributed by atoms with E-state index in [-0.39, 0.29) is 18.0 Å². The van der Waals surface area contributed by atoms with Crippen molar-refractivity contribution in [3.05, 3.63) is 11.8 Å². The molecular weight excluding hydrogens is 248 g/mol. The molecule has 1 unspecified atom stereocenters. The molecule has 1 heterocycles. The fourth-order valence-electron chi connectivity index (χ4n) is 1.71. The van der Waals surface area contributed by atoms with Crippen LogP contribution < -0.4 is 11.1 Å². The van der Waals surface area contributed by atoms with Crippen molar-refractivity contribution in [3.8, 4) is 0 Å². The second-order valence-electron chi connectivity index (χ2n) is 4.66. The number of nitrogens with zero attached hydrogens (tertiary/aromatic N) is 2. The standard InChI is InChI=1S/C12H22N4OS/c1-8(2)14-10(12(13)17)5-6-18-11-7-9(3)15-16(11)4/h7-8,10,14H,5-6H2,1-4H3,(H2,13,17). The third kappa shape index (κ3) is 4.70. The topological polar surface area (TPSA) is 72.9 Å². The van der Waals surface area contributed by atoms with E-state index in [1.807, 2.05) is 38.6 Å². The zero-order valence-electron chi connectivity index (χ0n) is 11.4. The van der Waals surface area contributed by atoms with Crippen LogP contribution in [-0.4, -0.2) is 33.5 Å². The molecule has 0 aromatic carbocycles. The van der Waals surface area contributed by atoms with E-state index in [1.54, 1.807) is 11.8 Å². The minimum absolute atomic E-state index is 0.256. The van der Waals surface area contributed by atoms with Crippen molar-refractivity contribution in [1.29, 1.82) is 0 Å². The Morgan fingerprint density at radius 1 is 1.61 bits per heavy atom. The van der Waals surface area contributed by atoms with Gasteiger partial charge in [-0.1, -0.05) is 13.8 Å². The van der Waals surface area contributed by atoms with Gasteiger partial charge in [0.1, 0.15) is 0 Å². The molecule has 18 heavy (non-hydrogen) atoms. The lowest BCUT2D eigenvalue weighted by Crippen LogP contribution is -2.44. The highest BCUT2D eigenvalue weighted by atomic mass is 32.2. The molecule has 0 aliphatic carbocycles. The molecule has 102 valence electrons. The number of nitrogens with one attached hydrogen (secondary N) is 1. The molecule has 0 fully saturated rings. The Hall–Kier alpha value is -1.01. The summed E-state index contributed by atoms with van der Waals surface area (Å²) in [5, 5.41) is 8.57. The van der Waals surface area contributed by atoms with Crippen LogP contribution in [0.1, 0.15) is 26.0 Å². The van der Waals surface area contributed by atoms with E-state index in [1.165, 1.54) is 0 Å². The van der Waals surface area contributed by atoms with Crippen LogP contribution in [0.3, 0.4) is 0 Å². The maximum Gasteiger partial charge on any atom is 0.234 e. The Morgan fingerprint density at radius 3 is 2.72 bits per heavy atom. The van der Waals surface area contributed by atoms with Crippen molar-refractivity contribution < 1.29 is 4.79 Å². The molecule has 3 N–H and O–H groups in total. The highest BCUT2D eigenvalue weighted by Gasteiger charge is 2.16. The number of hydrogen-bond donors (Lipinski definition) is 2. The van der Waals surface area contributed by atoms with Crippen LogP contribution in [0.25, 0.3) is 0 Å². The summed E-state index contributed by atoms with van der Waals surface area (Å²) in [4.78, 5) is 11.3. The van der Waals surface area contributed by atoms with Crippen molar-refractivity contribution in [2.24, 2.45) is 12.8 Å². The molecule has 0 aliphatic rings. The first-order chi connectivity index (χ1) is 8.40. The van der Waals surface area contributed by atoms with Crippen molar-refractivity contribution in [2.45, 2.75) is 44.3 Å². The SMILES string of the molecule is Cc1cc(SCCC(NC(C)C)C(N)=O)n(C)n1. The molecule has 0 bridgehead atoms. The van der Waals surface area contributed by atoms with E-state index < -0.39 is 0 Å². The summed E-state index contributed by atoms with van der Waals surface area (Å²) in [6.45, 7) is 5.98. The number of amides is 1. The van der Waals surface area contributed by atoms with E-state index in [9.17, 15) is 4.79 Å². The number of carbonyl (C=O) groups is 1. The normalized spacial score (nSPS) is 12.9. The van der Waals surface area contributed by atoms with E-state index in [2.05, 4.69) is 10.4 Å². The molecule has 1 amide bonds. The van der Waals surface area contributed by atoms with Gasteiger partial charge < -0.3 is 11.1 Å². The number of thioether (sulfide) groups is 1. The van der Waals surface area contributed by atoms with Gasteiger partial charge in [0.05, 0.1) is 16.8 Å². The summed E-state index contributed by atoms with van der Waals surface area (Å²) in [7, 11) is 1.92. The smallest absolute Gasteiger partial charge is 0.234 e. The van der Waals surface area contributed by atoms with Gasteiger partial charge >= 0.3 is 0 Å². The van der Waals surface area contributed by atoms with Crippen LogP contribution >= 0.6 is 11.8 Å². The van der Waals surface area contributed by atoms with Gasteiger partial charge in [-0.25, -0.2) is 0 Å². The molecule has 0 spiro atoms. The Labute approximate surface area is 112 Å². The predicted octanol–water partition coefficient (Wildman–Crippen LogP) is 1.06. The molecular formula is C12H22N4OS. The van der Waals surface area contributed by atoms with Crippen LogP contribution in [0.4, 0.5) is 0 Å². The van der Waals surface area contributed by atoms with E-state index in [0.717, 1.165) is 22.9 Å². The molecule has 6 heteroatoms. The van der Waals surface area contributed by atoms with Crippen LogP contribution in [-0.2, 0) is 11.8 Å². The minimum atomic E-state index is -0.287. The Balaban J connectivity index is 2.43. The molecule has 5 nitrogen and oxygen atoms in total. The molecule has 0 radical (unpaired) electrons. The summed E-state index contributed by atoms with van der Waals surface area (Å²) in [5.41, 5.74) is 6.38. The first-order valence-corrected chi connectivity index (χ1v) is 7.07. The lowest BCUT2D eigenvalue weighted by Gasteiger charge is -2.17. The average Bonchev–Trinajstić information content (AvgIpc) is 2.55. The summed E-state index contributed by atoms with van der Waals surface area (Å²) in [6, 6.07) is 2.04. The predicted molar refractivity (Wildman–Crippen MR) is 74.5 cm³/mol. The lowest BCUT2D eigenvalue weighted by molar-refractivity contribution is -0.120. The first-order valence-electron chi connectivity index (χ1n) is 6.09. The van der Waals surface area contributed by atoms with Crippen LogP contribution in [0.15, 0.2) is 11.1 Å². The molecule has 0 saturated carbocycles.